The SMILES string of the molecule is C=C/C=C1/BOC/C1=C(/C)C(CN)C(=O)Nc1ccc2cnccc2c1. The molecule has 1 atom stereocenters. The van der Waals surface area contributed by atoms with E-state index < -0.39 is 5.92 Å². The second-order valence-electron chi connectivity index (χ2n) is 6.30. The van der Waals surface area contributed by atoms with E-state index in [0.29, 0.717) is 14.1 Å². The Labute approximate surface area is 153 Å². The maximum Gasteiger partial charge on any atom is 0.309 e. The fourth-order valence-electron chi connectivity index (χ4n) is 3.18. The third kappa shape index (κ3) is 3.76. The maximum atomic E-state index is 12.8. The summed E-state index contributed by atoms with van der Waals surface area (Å²) in [6.07, 6.45) is 7.19. The largest absolute Gasteiger partial charge is 0.430 e. The van der Waals surface area contributed by atoms with Gasteiger partial charge in [0.1, 0.15) is 0 Å². The summed E-state index contributed by atoms with van der Waals surface area (Å²) >= 11 is 0. The van der Waals surface area contributed by atoms with Crippen LogP contribution in [0.4, 0.5) is 5.69 Å². The number of fused-ring (bicyclic) bond motifs is 1. The number of hydrogen-bond acceptors (Lipinski definition) is 4. The smallest absolute Gasteiger partial charge is 0.309 e. The molecule has 6 heteroatoms. The zero-order valence-electron chi connectivity index (χ0n) is 14.9. The van der Waals surface area contributed by atoms with Crippen molar-refractivity contribution in [1.29, 1.82) is 0 Å². The molecule has 0 bridgehead atoms. The summed E-state index contributed by atoms with van der Waals surface area (Å²) in [5, 5.41) is 5.04. The number of pyridine rings is 1. The van der Waals surface area contributed by atoms with Crippen molar-refractivity contribution in [3.63, 3.8) is 0 Å². The molecule has 1 amide bonds. The molecule has 5 nitrogen and oxygen atoms in total. The Morgan fingerprint density at radius 1 is 1.46 bits per heavy atom. The van der Waals surface area contributed by atoms with E-state index in [0.717, 1.165) is 33.1 Å². The molecule has 1 fully saturated rings. The lowest BCUT2D eigenvalue weighted by Crippen LogP contribution is -2.31. The van der Waals surface area contributed by atoms with Crippen molar-refractivity contribution in [2.45, 2.75) is 6.92 Å². The molecule has 2 aromatic rings. The van der Waals surface area contributed by atoms with E-state index in [1.807, 2.05) is 37.3 Å². The van der Waals surface area contributed by atoms with Crippen LogP contribution in [0.15, 0.2) is 72.0 Å². The minimum Gasteiger partial charge on any atom is -0.430 e. The van der Waals surface area contributed by atoms with Crippen LogP contribution in [0.25, 0.3) is 10.8 Å². The highest BCUT2D eigenvalue weighted by atomic mass is 16.4. The number of aromatic nitrogens is 1. The molecule has 1 aliphatic rings. The lowest BCUT2D eigenvalue weighted by molar-refractivity contribution is -0.118. The Hall–Kier alpha value is -2.70. The van der Waals surface area contributed by atoms with E-state index in [4.69, 9.17) is 10.4 Å². The minimum atomic E-state index is -0.409. The molecule has 3 rings (SSSR count). The predicted molar refractivity (Wildman–Crippen MR) is 107 cm³/mol. The lowest BCUT2D eigenvalue weighted by atomic mass is 9.81. The number of rotatable bonds is 5. The van der Waals surface area contributed by atoms with Crippen LogP contribution in [0.3, 0.4) is 0 Å². The lowest BCUT2D eigenvalue weighted by Gasteiger charge is -2.18. The first-order chi connectivity index (χ1) is 12.6. The van der Waals surface area contributed by atoms with E-state index in [2.05, 4.69) is 16.9 Å². The van der Waals surface area contributed by atoms with Gasteiger partial charge >= 0.3 is 7.48 Å². The number of nitrogens with two attached hydrogens (primary N) is 1. The number of anilines is 1. The van der Waals surface area contributed by atoms with Crippen molar-refractivity contribution >= 4 is 29.8 Å². The van der Waals surface area contributed by atoms with Crippen LogP contribution < -0.4 is 11.1 Å². The summed E-state index contributed by atoms with van der Waals surface area (Å²) in [6, 6.07) is 7.67. The van der Waals surface area contributed by atoms with Crippen LogP contribution in [-0.4, -0.2) is 31.5 Å². The monoisotopic (exact) mass is 347 g/mol. The van der Waals surface area contributed by atoms with Crippen LogP contribution in [-0.2, 0) is 9.45 Å². The molecule has 1 saturated heterocycles. The standard InChI is InChI=1S/C20H22BN3O2/c1-3-4-19-18(12-26-21-19)13(2)17(10-22)20(25)24-16-6-5-15-11-23-8-7-14(15)9-16/h3-9,11,17,21H,1,10,12,22H2,2H3,(H,24,25)/b18-13+,19-4+. The maximum absolute atomic E-state index is 12.8. The molecule has 3 N–H and O–H groups in total. The highest BCUT2D eigenvalue weighted by Gasteiger charge is 2.26. The van der Waals surface area contributed by atoms with Gasteiger partial charge in [-0.1, -0.05) is 30.4 Å². The second-order valence-corrected chi connectivity index (χ2v) is 6.30. The van der Waals surface area contributed by atoms with Crippen molar-refractivity contribution in [1.82, 2.24) is 4.98 Å². The third-order valence-electron chi connectivity index (χ3n) is 4.67. The highest BCUT2D eigenvalue weighted by molar-refractivity contribution is 6.41. The van der Waals surface area contributed by atoms with E-state index in [1.165, 1.54) is 0 Å². The normalized spacial score (nSPS) is 18.5. The Bertz CT molecular complexity index is 905. The van der Waals surface area contributed by atoms with Crippen LogP contribution in [0, 0.1) is 5.92 Å². The van der Waals surface area contributed by atoms with Gasteiger partial charge in [0.15, 0.2) is 0 Å². The van der Waals surface area contributed by atoms with Crippen molar-refractivity contribution in [2.24, 2.45) is 11.7 Å². The van der Waals surface area contributed by atoms with Crippen molar-refractivity contribution in [3.05, 3.63) is 72.0 Å². The Morgan fingerprint density at radius 2 is 2.31 bits per heavy atom. The van der Waals surface area contributed by atoms with Gasteiger partial charge in [0.25, 0.3) is 0 Å². The van der Waals surface area contributed by atoms with Crippen molar-refractivity contribution < 1.29 is 9.45 Å². The first-order valence-electron chi connectivity index (χ1n) is 8.58. The summed E-state index contributed by atoms with van der Waals surface area (Å²) in [5.74, 6) is -0.524. The van der Waals surface area contributed by atoms with Gasteiger partial charge in [-0.3, -0.25) is 9.78 Å². The number of hydrogen-bond donors (Lipinski definition) is 2. The predicted octanol–water partition coefficient (Wildman–Crippen LogP) is 2.52. The minimum absolute atomic E-state index is 0.115. The van der Waals surface area contributed by atoms with Gasteiger partial charge in [-0.25, -0.2) is 0 Å². The number of nitrogens with one attached hydrogen (secondary N) is 1. The Kier molecular flexibility index (Phi) is 5.66. The van der Waals surface area contributed by atoms with Crippen LogP contribution >= 0.6 is 0 Å². The number of benzene rings is 1. The first kappa shape index (κ1) is 18.1. The van der Waals surface area contributed by atoms with Crippen LogP contribution in [0.1, 0.15) is 6.92 Å². The topological polar surface area (TPSA) is 77.2 Å². The zero-order valence-corrected chi connectivity index (χ0v) is 14.9. The van der Waals surface area contributed by atoms with Gasteiger partial charge in [-0.15, -0.1) is 0 Å². The summed E-state index contributed by atoms with van der Waals surface area (Å²) < 4.78 is 5.53. The Morgan fingerprint density at radius 3 is 3.08 bits per heavy atom. The molecule has 0 saturated carbocycles. The van der Waals surface area contributed by atoms with Gasteiger partial charge in [0, 0.05) is 30.0 Å². The number of carbonyl (C=O) groups excluding carboxylic acids is 1. The van der Waals surface area contributed by atoms with E-state index in [1.54, 1.807) is 18.5 Å². The molecule has 1 unspecified atom stereocenters. The molecule has 0 radical (unpaired) electrons. The molecule has 0 aliphatic carbocycles. The van der Waals surface area contributed by atoms with Crippen LogP contribution in [0.2, 0.25) is 0 Å². The van der Waals surface area contributed by atoms with Crippen molar-refractivity contribution in [3.8, 4) is 0 Å². The van der Waals surface area contributed by atoms with Gasteiger partial charge in [0.2, 0.25) is 5.91 Å². The first-order valence-corrected chi connectivity index (χ1v) is 8.58. The van der Waals surface area contributed by atoms with Crippen molar-refractivity contribution in [2.75, 3.05) is 18.5 Å². The van der Waals surface area contributed by atoms with E-state index in [-0.39, 0.29) is 12.5 Å². The molecule has 1 aromatic heterocycles. The van der Waals surface area contributed by atoms with Gasteiger partial charge in [0.05, 0.1) is 12.5 Å². The molecule has 26 heavy (non-hydrogen) atoms. The summed E-state index contributed by atoms with van der Waals surface area (Å²) in [7, 11) is 0.538. The van der Waals surface area contributed by atoms with Gasteiger partial charge in [-0.05, 0) is 41.6 Å². The number of carbonyl (C=O) groups is 1. The highest BCUT2D eigenvalue weighted by Crippen LogP contribution is 2.26. The average Bonchev–Trinajstić information content (AvgIpc) is 3.11. The number of allylic oxidation sites excluding steroid dienone is 2. The second kappa shape index (κ2) is 8.12. The average molecular weight is 347 g/mol. The molecular weight excluding hydrogens is 325 g/mol. The fraction of sp³-hybridized carbons (Fsp3) is 0.200. The molecule has 1 aliphatic heterocycles. The molecule has 1 aromatic carbocycles. The van der Waals surface area contributed by atoms with Crippen LogP contribution in [0.5, 0.6) is 0 Å². The molecular formula is C20H22BN3O2. The number of amides is 1. The quantitative estimate of drug-likeness (QED) is 0.815. The van der Waals surface area contributed by atoms with Gasteiger partial charge in [-0.2, -0.15) is 0 Å². The molecule has 2 heterocycles. The molecule has 132 valence electrons. The van der Waals surface area contributed by atoms with Gasteiger partial charge < -0.3 is 15.7 Å². The summed E-state index contributed by atoms with van der Waals surface area (Å²) in [4.78, 5) is 16.9. The summed E-state index contributed by atoms with van der Waals surface area (Å²) in [5.41, 5.74) is 9.71. The molecule has 0 spiro atoms. The fourth-order valence-corrected chi connectivity index (χ4v) is 3.18. The Balaban J connectivity index is 1.84. The van der Waals surface area contributed by atoms with E-state index >= 15 is 0 Å². The number of nitrogens with zero attached hydrogens (tertiary/aromatic N) is 1. The summed E-state index contributed by atoms with van der Waals surface area (Å²) in [6.45, 7) is 6.42. The van der Waals surface area contributed by atoms with E-state index in [9.17, 15) is 4.79 Å². The third-order valence-corrected chi connectivity index (χ3v) is 4.67. The zero-order chi connectivity index (χ0) is 18.5.